The van der Waals surface area contributed by atoms with Crippen LogP contribution < -0.4 is 4.74 Å². The molecule has 1 N–H and O–H groups in total. The van der Waals surface area contributed by atoms with Crippen LogP contribution in [0.15, 0.2) is 24.3 Å². The average Bonchev–Trinajstić information content (AvgIpc) is 2.99. The molecule has 1 aromatic carbocycles. The molecule has 0 unspecified atom stereocenters. The molecular formula is C15H18O3. The Bertz CT molecular complexity index is 451. The minimum Gasteiger partial charge on any atom is -0.497 e. The lowest BCUT2D eigenvalue weighted by atomic mass is 9.75. The van der Waals surface area contributed by atoms with Crippen molar-refractivity contribution in [3.8, 4) is 5.75 Å². The van der Waals surface area contributed by atoms with Crippen LogP contribution in [0.5, 0.6) is 5.75 Å². The zero-order valence-corrected chi connectivity index (χ0v) is 10.5. The molecule has 2 bridgehead atoms. The van der Waals surface area contributed by atoms with Crippen LogP contribution in [-0.4, -0.2) is 18.2 Å². The maximum Gasteiger partial charge on any atom is 0.307 e. The number of methoxy groups -OCH3 is 1. The van der Waals surface area contributed by atoms with Crippen molar-refractivity contribution >= 4 is 5.97 Å². The van der Waals surface area contributed by atoms with Gasteiger partial charge in [-0.15, -0.1) is 0 Å². The fourth-order valence-corrected chi connectivity index (χ4v) is 3.95. The van der Waals surface area contributed by atoms with E-state index in [1.54, 1.807) is 7.11 Å². The van der Waals surface area contributed by atoms with Crippen molar-refractivity contribution in [3.63, 3.8) is 0 Å². The van der Waals surface area contributed by atoms with E-state index in [0.29, 0.717) is 11.8 Å². The minimum atomic E-state index is -0.622. The Morgan fingerprint density at radius 2 is 1.89 bits per heavy atom. The summed E-state index contributed by atoms with van der Waals surface area (Å²) in [5.74, 6) is 1.17. The van der Waals surface area contributed by atoms with E-state index in [9.17, 15) is 9.90 Å². The highest BCUT2D eigenvalue weighted by Crippen LogP contribution is 2.56. The number of carboxylic acids is 1. The molecule has 0 spiro atoms. The molecule has 2 fully saturated rings. The quantitative estimate of drug-likeness (QED) is 0.892. The van der Waals surface area contributed by atoms with Crippen LogP contribution in [-0.2, 0) is 4.79 Å². The number of fused-ring (bicyclic) bond motifs is 2. The highest BCUT2D eigenvalue weighted by Gasteiger charge is 2.51. The van der Waals surface area contributed by atoms with Gasteiger partial charge in [0, 0.05) is 5.92 Å². The lowest BCUT2D eigenvalue weighted by molar-refractivity contribution is -0.144. The summed E-state index contributed by atoms with van der Waals surface area (Å²) < 4.78 is 5.15. The van der Waals surface area contributed by atoms with E-state index in [0.717, 1.165) is 24.2 Å². The summed E-state index contributed by atoms with van der Waals surface area (Å²) in [5, 5.41) is 9.44. The van der Waals surface area contributed by atoms with Crippen LogP contribution in [0.25, 0.3) is 0 Å². The number of aliphatic carboxylic acids is 1. The molecule has 3 heteroatoms. The summed E-state index contributed by atoms with van der Waals surface area (Å²) in [7, 11) is 1.65. The molecule has 0 aliphatic heterocycles. The van der Waals surface area contributed by atoms with Gasteiger partial charge in [0.15, 0.2) is 0 Å². The first kappa shape index (κ1) is 11.6. The third-order valence-corrected chi connectivity index (χ3v) is 4.70. The molecule has 0 heterocycles. The van der Waals surface area contributed by atoms with Crippen molar-refractivity contribution in [1.82, 2.24) is 0 Å². The molecule has 96 valence electrons. The summed E-state index contributed by atoms with van der Waals surface area (Å²) in [6.07, 6.45) is 3.37. The molecule has 18 heavy (non-hydrogen) atoms. The molecule has 2 aliphatic rings. The minimum absolute atomic E-state index is 0.183. The molecule has 0 amide bonds. The number of hydrogen-bond acceptors (Lipinski definition) is 2. The first-order valence-corrected chi connectivity index (χ1v) is 6.57. The normalized spacial score (nSPS) is 33.6. The Balaban J connectivity index is 1.91. The lowest BCUT2D eigenvalue weighted by Gasteiger charge is -2.28. The van der Waals surface area contributed by atoms with E-state index in [-0.39, 0.29) is 11.8 Å². The SMILES string of the molecule is COc1ccc([C@@H]2[C@H]3CC[C@H](C3)[C@H]2C(=O)O)cc1. The first-order chi connectivity index (χ1) is 8.70. The zero-order chi connectivity index (χ0) is 12.7. The van der Waals surface area contributed by atoms with Crippen molar-refractivity contribution in [2.45, 2.75) is 25.2 Å². The first-order valence-electron chi connectivity index (χ1n) is 6.57. The molecule has 0 saturated heterocycles. The molecule has 3 rings (SSSR count). The van der Waals surface area contributed by atoms with Crippen molar-refractivity contribution in [1.29, 1.82) is 0 Å². The van der Waals surface area contributed by atoms with E-state index < -0.39 is 5.97 Å². The lowest BCUT2D eigenvalue weighted by Crippen LogP contribution is -2.27. The molecule has 0 aromatic heterocycles. The Kier molecular flexibility index (Phi) is 2.77. The smallest absolute Gasteiger partial charge is 0.307 e. The van der Waals surface area contributed by atoms with E-state index in [2.05, 4.69) is 0 Å². The van der Waals surface area contributed by atoms with Gasteiger partial charge in [-0.1, -0.05) is 12.1 Å². The highest BCUT2D eigenvalue weighted by atomic mass is 16.5. The zero-order valence-electron chi connectivity index (χ0n) is 10.5. The van der Waals surface area contributed by atoms with Gasteiger partial charge in [-0.05, 0) is 48.8 Å². The number of hydrogen-bond donors (Lipinski definition) is 1. The number of carboxylic acid groups (broad SMARTS) is 1. The topological polar surface area (TPSA) is 46.5 Å². The van der Waals surface area contributed by atoms with Crippen molar-refractivity contribution in [2.24, 2.45) is 17.8 Å². The van der Waals surface area contributed by atoms with E-state index >= 15 is 0 Å². The molecule has 2 saturated carbocycles. The number of carbonyl (C=O) groups is 1. The van der Waals surface area contributed by atoms with Gasteiger partial charge in [-0.2, -0.15) is 0 Å². The predicted octanol–water partition coefficient (Wildman–Crippen LogP) is 2.91. The fourth-order valence-electron chi connectivity index (χ4n) is 3.95. The second kappa shape index (κ2) is 4.30. The summed E-state index contributed by atoms with van der Waals surface area (Å²) in [4.78, 5) is 11.5. The number of benzene rings is 1. The van der Waals surface area contributed by atoms with E-state index in [4.69, 9.17) is 4.74 Å². The Hall–Kier alpha value is -1.51. The molecule has 2 aliphatic carbocycles. The monoisotopic (exact) mass is 246 g/mol. The van der Waals surface area contributed by atoms with Crippen LogP contribution in [0.2, 0.25) is 0 Å². The summed E-state index contributed by atoms with van der Waals surface area (Å²) in [5.41, 5.74) is 1.16. The van der Waals surface area contributed by atoms with Crippen molar-refractivity contribution in [3.05, 3.63) is 29.8 Å². The van der Waals surface area contributed by atoms with Gasteiger partial charge < -0.3 is 9.84 Å². The van der Waals surface area contributed by atoms with Gasteiger partial charge in [0.1, 0.15) is 5.75 Å². The third-order valence-electron chi connectivity index (χ3n) is 4.70. The molecule has 4 atom stereocenters. The fraction of sp³-hybridized carbons (Fsp3) is 0.533. The van der Waals surface area contributed by atoms with E-state index in [1.807, 2.05) is 24.3 Å². The Morgan fingerprint density at radius 1 is 1.22 bits per heavy atom. The second-order valence-electron chi connectivity index (χ2n) is 5.50. The van der Waals surface area contributed by atoms with Gasteiger partial charge >= 0.3 is 5.97 Å². The summed E-state index contributed by atoms with van der Waals surface area (Å²) >= 11 is 0. The maximum atomic E-state index is 11.5. The van der Waals surface area contributed by atoms with Crippen LogP contribution in [0.3, 0.4) is 0 Å². The highest BCUT2D eigenvalue weighted by molar-refractivity contribution is 5.73. The number of rotatable bonds is 3. The molecule has 0 radical (unpaired) electrons. The van der Waals surface area contributed by atoms with Crippen LogP contribution in [0.1, 0.15) is 30.7 Å². The van der Waals surface area contributed by atoms with Crippen molar-refractivity contribution < 1.29 is 14.6 Å². The standard InChI is InChI=1S/C15H18O3/c1-18-12-6-4-9(5-7-12)13-10-2-3-11(8-10)14(13)15(16)17/h4-7,10-11,13-14H,2-3,8H2,1H3,(H,16,17)/t10-,11+,13+,14+/m0/s1. The van der Waals surface area contributed by atoms with Gasteiger partial charge in [0.05, 0.1) is 13.0 Å². The predicted molar refractivity (Wildman–Crippen MR) is 67.7 cm³/mol. The average molecular weight is 246 g/mol. The molecular weight excluding hydrogens is 228 g/mol. The van der Waals surface area contributed by atoms with E-state index in [1.165, 1.54) is 6.42 Å². The Labute approximate surface area is 107 Å². The van der Waals surface area contributed by atoms with Crippen molar-refractivity contribution in [2.75, 3.05) is 7.11 Å². The van der Waals surface area contributed by atoms with Gasteiger partial charge in [0.2, 0.25) is 0 Å². The van der Waals surface area contributed by atoms with Crippen LogP contribution >= 0.6 is 0 Å². The van der Waals surface area contributed by atoms with Crippen LogP contribution in [0.4, 0.5) is 0 Å². The van der Waals surface area contributed by atoms with Gasteiger partial charge in [0.25, 0.3) is 0 Å². The Morgan fingerprint density at radius 3 is 2.50 bits per heavy atom. The molecule has 3 nitrogen and oxygen atoms in total. The van der Waals surface area contributed by atoms with Gasteiger partial charge in [-0.25, -0.2) is 0 Å². The maximum absolute atomic E-state index is 11.5. The molecule has 1 aromatic rings. The van der Waals surface area contributed by atoms with Crippen LogP contribution in [0, 0.1) is 17.8 Å². The summed E-state index contributed by atoms with van der Waals surface area (Å²) in [6.45, 7) is 0. The third kappa shape index (κ3) is 1.69. The largest absolute Gasteiger partial charge is 0.497 e. The second-order valence-corrected chi connectivity index (χ2v) is 5.50. The van der Waals surface area contributed by atoms with Gasteiger partial charge in [-0.3, -0.25) is 4.79 Å². The summed E-state index contributed by atoms with van der Waals surface area (Å²) in [6, 6.07) is 7.92. The number of ether oxygens (including phenoxy) is 1.